The number of hydrogen-bond donors (Lipinski definition) is 0. The van der Waals surface area contributed by atoms with Crippen LogP contribution in [0.3, 0.4) is 0 Å². The zero-order chi connectivity index (χ0) is 43.0. The van der Waals surface area contributed by atoms with Crippen molar-refractivity contribution >= 4 is 55.6 Å². The Morgan fingerprint density at radius 1 is 0.297 bits per heavy atom. The third-order valence-electron chi connectivity index (χ3n) is 11.2. The summed E-state index contributed by atoms with van der Waals surface area (Å²) in [6.45, 7) is 0. The zero-order valence-electron chi connectivity index (χ0n) is 34.1. The maximum absolute atomic E-state index is 12.8. The molecule has 0 bridgehead atoms. The predicted molar refractivity (Wildman–Crippen MR) is 252 cm³/mol. The third-order valence-corrected chi connectivity index (χ3v) is 11.2. The Bertz CT molecular complexity index is 3340. The van der Waals surface area contributed by atoms with Crippen LogP contribution < -0.4 is 9.47 Å². The van der Waals surface area contributed by atoms with Crippen molar-refractivity contribution in [3.8, 4) is 56.5 Å². The van der Waals surface area contributed by atoms with Crippen LogP contribution in [0, 0.1) is 0 Å². The van der Waals surface area contributed by atoms with E-state index in [-0.39, 0.29) is 0 Å². The molecular formula is C56H34N4O4. The van der Waals surface area contributed by atoms with Gasteiger partial charge in [0.1, 0.15) is 11.5 Å². The van der Waals surface area contributed by atoms with Gasteiger partial charge in [-0.3, -0.25) is 0 Å². The molecule has 0 aliphatic heterocycles. The van der Waals surface area contributed by atoms with E-state index in [1.165, 1.54) is 0 Å². The molecule has 11 rings (SSSR count). The van der Waals surface area contributed by atoms with E-state index in [2.05, 4.69) is 66.7 Å². The molecule has 0 saturated heterocycles. The number of carbonyl (C=O) groups is 2. The summed E-state index contributed by atoms with van der Waals surface area (Å²) in [6, 6.07) is 65.5. The van der Waals surface area contributed by atoms with Gasteiger partial charge >= 0.3 is 11.9 Å². The van der Waals surface area contributed by atoms with Crippen LogP contribution in [0.1, 0.15) is 20.7 Å². The summed E-state index contributed by atoms with van der Waals surface area (Å²) in [7, 11) is 0. The second-order valence-corrected chi connectivity index (χ2v) is 15.3. The number of pyridine rings is 4. The lowest BCUT2D eigenvalue weighted by atomic mass is 10.0. The van der Waals surface area contributed by atoms with Gasteiger partial charge in [0.15, 0.2) is 0 Å². The molecule has 7 aromatic carbocycles. The minimum atomic E-state index is -0.419. The Labute approximate surface area is 367 Å². The van der Waals surface area contributed by atoms with E-state index in [1.807, 2.05) is 91.0 Å². The van der Waals surface area contributed by atoms with Crippen LogP contribution in [0.2, 0.25) is 0 Å². The van der Waals surface area contributed by atoms with Crippen molar-refractivity contribution < 1.29 is 19.1 Å². The van der Waals surface area contributed by atoms with Crippen LogP contribution in [0.15, 0.2) is 206 Å². The van der Waals surface area contributed by atoms with Crippen molar-refractivity contribution in [3.63, 3.8) is 0 Å². The fraction of sp³-hybridized carbons (Fsp3) is 0. The molecule has 0 radical (unpaired) electrons. The maximum Gasteiger partial charge on any atom is 0.343 e. The Hall–Kier alpha value is -8.88. The van der Waals surface area contributed by atoms with Gasteiger partial charge in [-0.25, -0.2) is 29.5 Å². The molecule has 0 saturated carbocycles. The number of rotatable bonds is 8. The zero-order valence-corrected chi connectivity index (χ0v) is 34.1. The van der Waals surface area contributed by atoms with Crippen LogP contribution in [-0.2, 0) is 0 Å². The van der Waals surface area contributed by atoms with Gasteiger partial charge in [-0.1, -0.05) is 127 Å². The van der Waals surface area contributed by atoms with Gasteiger partial charge in [0, 0.05) is 43.8 Å². The molecule has 0 N–H and O–H groups in total. The van der Waals surface area contributed by atoms with Crippen LogP contribution in [0.4, 0.5) is 0 Å². The highest BCUT2D eigenvalue weighted by molar-refractivity contribution is 6.05. The molecule has 0 aliphatic rings. The second-order valence-electron chi connectivity index (χ2n) is 15.3. The average Bonchev–Trinajstić information content (AvgIpc) is 3.36. The van der Waals surface area contributed by atoms with E-state index in [1.54, 1.807) is 48.5 Å². The van der Waals surface area contributed by atoms with Crippen molar-refractivity contribution in [1.29, 1.82) is 0 Å². The van der Waals surface area contributed by atoms with Gasteiger partial charge < -0.3 is 9.47 Å². The van der Waals surface area contributed by atoms with Crippen molar-refractivity contribution in [3.05, 3.63) is 217 Å². The summed E-state index contributed by atoms with van der Waals surface area (Å²) in [5.41, 5.74) is 10.9. The lowest BCUT2D eigenvalue weighted by molar-refractivity contribution is 0.0725. The smallest absolute Gasteiger partial charge is 0.343 e. The van der Waals surface area contributed by atoms with Crippen LogP contribution >= 0.6 is 0 Å². The molecule has 4 heterocycles. The number of ether oxygens (including phenoxy) is 2. The Kier molecular flexibility index (Phi) is 9.63. The predicted octanol–water partition coefficient (Wildman–Crippen LogP) is 13.0. The maximum atomic E-state index is 12.8. The fourth-order valence-corrected chi connectivity index (χ4v) is 7.88. The largest absolute Gasteiger partial charge is 0.423 e. The van der Waals surface area contributed by atoms with E-state index >= 15 is 0 Å². The quantitative estimate of drug-likeness (QED) is 0.0847. The third kappa shape index (κ3) is 7.46. The molecule has 4 aromatic heterocycles. The van der Waals surface area contributed by atoms with Crippen molar-refractivity contribution in [2.75, 3.05) is 0 Å². The van der Waals surface area contributed by atoms with Crippen molar-refractivity contribution in [2.24, 2.45) is 0 Å². The van der Waals surface area contributed by atoms with Crippen LogP contribution in [-0.4, -0.2) is 31.9 Å². The fourth-order valence-electron chi connectivity index (χ4n) is 7.88. The highest BCUT2D eigenvalue weighted by Gasteiger charge is 2.15. The first-order valence-electron chi connectivity index (χ1n) is 20.8. The molecule has 0 aliphatic carbocycles. The van der Waals surface area contributed by atoms with Gasteiger partial charge in [-0.15, -0.1) is 0 Å². The molecule has 11 aromatic rings. The number of esters is 2. The number of nitrogens with zero attached hydrogens (tertiary/aromatic N) is 4. The first kappa shape index (κ1) is 38.1. The molecule has 0 fully saturated rings. The van der Waals surface area contributed by atoms with Crippen LogP contribution in [0.25, 0.3) is 88.6 Å². The number of hydrogen-bond acceptors (Lipinski definition) is 8. The Balaban J connectivity index is 0.886. The summed E-state index contributed by atoms with van der Waals surface area (Å²) < 4.78 is 11.0. The summed E-state index contributed by atoms with van der Waals surface area (Å²) >= 11 is 0. The van der Waals surface area contributed by atoms with Gasteiger partial charge in [0.05, 0.1) is 56.0 Å². The molecule has 8 nitrogen and oxygen atoms in total. The molecule has 0 unspecified atom stereocenters. The number of aromatic nitrogens is 4. The highest BCUT2D eigenvalue weighted by atomic mass is 16.5. The van der Waals surface area contributed by atoms with E-state index in [9.17, 15) is 9.59 Å². The van der Waals surface area contributed by atoms with E-state index in [0.717, 1.165) is 88.6 Å². The van der Waals surface area contributed by atoms with Crippen LogP contribution in [0.5, 0.6) is 11.5 Å². The molecular weight excluding hydrogens is 793 g/mol. The second kappa shape index (κ2) is 16.2. The average molecular weight is 827 g/mol. The molecule has 0 atom stereocenters. The summed E-state index contributed by atoms with van der Waals surface area (Å²) in [5.74, 6) is 0.155. The van der Waals surface area contributed by atoms with E-state index < -0.39 is 11.9 Å². The lowest BCUT2D eigenvalue weighted by Gasteiger charge is -2.10. The molecule has 302 valence electrons. The normalized spacial score (nSPS) is 11.2. The van der Waals surface area contributed by atoms with E-state index in [0.29, 0.717) is 22.6 Å². The summed E-state index contributed by atoms with van der Waals surface area (Å²) in [4.78, 5) is 46.2. The van der Waals surface area contributed by atoms with E-state index in [4.69, 9.17) is 29.4 Å². The van der Waals surface area contributed by atoms with Crippen molar-refractivity contribution in [2.45, 2.75) is 0 Å². The monoisotopic (exact) mass is 826 g/mol. The Morgan fingerprint density at radius 3 is 0.953 bits per heavy atom. The van der Waals surface area contributed by atoms with Gasteiger partial charge in [0.25, 0.3) is 0 Å². The number of fused-ring (bicyclic) bond motifs is 6. The molecule has 0 spiro atoms. The highest BCUT2D eigenvalue weighted by Crippen LogP contribution is 2.33. The van der Waals surface area contributed by atoms with Gasteiger partial charge in [-0.05, 0) is 78.9 Å². The first-order chi connectivity index (χ1) is 31.5. The van der Waals surface area contributed by atoms with Gasteiger partial charge in [-0.2, -0.15) is 0 Å². The first-order valence-corrected chi connectivity index (χ1v) is 20.8. The number of benzene rings is 7. The molecule has 8 heteroatoms. The number of para-hydroxylation sites is 2. The SMILES string of the molecule is O=C(Oc1ccccc1)c1ccc(-c2ccc3ccc4ccc(-c5cccc(-c6ccc7ccc8ccc(-c9ccc(C(=O)Oc%10ccccc%10)cc9)nc8c7n6)c5)nc4c3n2)cc1. The topological polar surface area (TPSA) is 104 Å². The minimum Gasteiger partial charge on any atom is -0.423 e. The Morgan fingerprint density at radius 2 is 0.609 bits per heavy atom. The number of carbonyl (C=O) groups excluding carboxylic acids is 2. The molecule has 0 amide bonds. The lowest BCUT2D eigenvalue weighted by Crippen LogP contribution is -2.08. The standard InChI is InChI=1S/C56H34N4O4/c61-55(63-45-10-3-1-4-11-45)41-22-14-35(15-23-41)47-30-26-37-18-20-39-28-32-49(59-53(39)51(37)57-47)43-8-7-9-44(34-43)50-33-29-40-21-19-38-27-31-48(58-52(38)54(40)60-50)36-16-24-42(25-17-36)56(62)64-46-12-5-2-6-13-46/h1-34H. The van der Waals surface area contributed by atoms with Gasteiger partial charge in [0.2, 0.25) is 0 Å². The minimum absolute atomic E-state index is 0.419. The summed E-state index contributed by atoms with van der Waals surface area (Å²) in [5, 5.41) is 3.91. The summed E-state index contributed by atoms with van der Waals surface area (Å²) in [6.07, 6.45) is 0. The van der Waals surface area contributed by atoms with Crippen molar-refractivity contribution in [1.82, 2.24) is 19.9 Å². The molecule has 64 heavy (non-hydrogen) atoms.